The molecule has 1 nitrogen and oxygen atoms in total. The second-order valence-corrected chi connectivity index (χ2v) is 14.9. The molecular formula is C41H83N. The Balaban J connectivity index is 1.90. The lowest BCUT2D eigenvalue weighted by Gasteiger charge is -2.38. The molecule has 1 heteroatoms. The van der Waals surface area contributed by atoms with E-state index in [0.717, 1.165) is 0 Å². The van der Waals surface area contributed by atoms with Crippen LogP contribution < -0.4 is 5.32 Å². The van der Waals surface area contributed by atoms with Crippen LogP contribution in [-0.4, -0.2) is 13.1 Å². The molecule has 0 aromatic heterocycles. The Hall–Kier alpha value is -0.0400. The Morgan fingerprint density at radius 1 is 0.310 bits per heavy atom. The van der Waals surface area contributed by atoms with Crippen molar-refractivity contribution in [2.45, 2.75) is 245 Å². The van der Waals surface area contributed by atoms with Gasteiger partial charge in [-0.05, 0) is 44.2 Å². The first kappa shape index (κ1) is 40.0. The Kier molecular flexibility index (Phi) is 30.8. The SMILES string of the molecule is CCCCCCCCCCCCCCCCCCC1(CCCCCCCCCCCCCCCCCC)CCNCC1. The summed E-state index contributed by atoms with van der Waals surface area (Å²) in [6.07, 6.45) is 53.2. The first-order valence-corrected chi connectivity index (χ1v) is 20.5. The van der Waals surface area contributed by atoms with Crippen molar-refractivity contribution < 1.29 is 0 Å². The smallest absolute Gasteiger partial charge is 0.00436 e. The second-order valence-electron chi connectivity index (χ2n) is 14.9. The summed E-state index contributed by atoms with van der Waals surface area (Å²) in [4.78, 5) is 0. The van der Waals surface area contributed by atoms with Gasteiger partial charge in [0.05, 0.1) is 0 Å². The molecule has 1 fully saturated rings. The highest BCUT2D eigenvalue weighted by Crippen LogP contribution is 2.40. The van der Waals surface area contributed by atoms with Crippen LogP contribution in [0.2, 0.25) is 0 Å². The van der Waals surface area contributed by atoms with Gasteiger partial charge < -0.3 is 5.32 Å². The van der Waals surface area contributed by atoms with Crippen LogP contribution in [0.4, 0.5) is 0 Å². The van der Waals surface area contributed by atoms with Gasteiger partial charge in [-0.1, -0.05) is 219 Å². The quantitative estimate of drug-likeness (QED) is 0.0736. The molecule has 1 rings (SSSR count). The van der Waals surface area contributed by atoms with E-state index in [1.807, 2.05) is 0 Å². The molecule has 252 valence electrons. The van der Waals surface area contributed by atoms with E-state index in [1.54, 1.807) is 0 Å². The number of hydrogen-bond donors (Lipinski definition) is 1. The summed E-state index contributed by atoms with van der Waals surface area (Å²) in [5, 5.41) is 3.65. The number of unbranched alkanes of at least 4 members (excludes halogenated alkanes) is 30. The van der Waals surface area contributed by atoms with Gasteiger partial charge in [0.1, 0.15) is 0 Å². The van der Waals surface area contributed by atoms with E-state index in [-0.39, 0.29) is 0 Å². The molecule has 0 aromatic rings. The highest BCUT2D eigenvalue weighted by atomic mass is 14.9. The molecule has 1 saturated heterocycles. The topological polar surface area (TPSA) is 12.0 Å². The summed E-state index contributed by atoms with van der Waals surface area (Å²) in [7, 11) is 0. The molecule has 0 bridgehead atoms. The van der Waals surface area contributed by atoms with Crippen LogP contribution in [0.3, 0.4) is 0 Å². The van der Waals surface area contributed by atoms with Crippen LogP contribution in [0.5, 0.6) is 0 Å². The van der Waals surface area contributed by atoms with Gasteiger partial charge in [-0.3, -0.25) is 0 Å². The minimum Gasteiger partial charge on any atom is -0.317 e. The molecule has 0 aromatic carbocycles. The molecule has 1 heterocycles. The van der Waals surface area contributed by atoms with Crippen LogP contribution in [0, 0.1) is 5.41 Å². The van der Waals surface area contributed by atoms with Crippen LogP contribution in [0.15, 0.2) is 0 Å². The van der Waals surface area contributed by atoms with Crippen molar-refractivity contribution in [2.75, 3.05) is 13.1 Å². The van der Waals surface area contributed by atoms with E-state index in [4.69, 9.17) is 0 Å². The van der Waals surface area contributed by atoms with E-state index < -0.39 is 0 Å². The number of piperidine rings is 1. The lowest BCUT2D eigenvalue weighted by Crippen LogP contribution is -2.36. The summed E-state index contributed by atoms with van der Waals surface area (Å²) in [6.45, 7) is 7.18. The first-order chi connectivity index (χ1) is 20.8. The molecule has 1 aliphatic rings. The van der Waals surface area contributed by atoms with E-state index in [9.17, 15) is 0 Å². The van der Waals surface area contributed by atoms with Crippen molar-refractivity contribution in [1.82, 2.24) is 5.32 Å². The monoisotopic (exact) mass is 590 g/mol. The van der Waals surface area contributed by atoms with Gasteiger partial charge in [0.25, 0.3) is 0 Å². The summed E-state index contributed by atoms with van der Waals surface area (Å²) < 4.78 is 0. The lowest BCUT2D eigenvalue weighted by molar-refractivity contribution is 0.157. The second kappa shape index (κ2) is 32.4. The Labute approximate surface area is 268 Å². The average molecular weight is 590 g/mol. The van der Waals surface area contributed by atoms with Crippen LogP contribution >= 0.6 is 0 Å². The normalized spacial score (nSPS) is 15.0. The van der Waals surface area contributed by atoms with Gasteiger partial charge in [0, 0.05) is 0 Å². The van der Waals surface area contributed by atoms with Gasteiger partial charge in [-0.25, -0.2) is 0 Å². The highest BCUT2D eigenvalue weighted by molar-refractivity contribution is 4.84. The molecule has 0 radical (unpaired) electrons. The lowest BCUT2D eigenvalue weighted by atomic mass is 9.71. The molecule has 0 amide bonds. The zero-order valence-electron chi connectivity index (χ0n) is 29.9. The maximum absolute atomic E-state index is 3.65. The largest absolute Gasteiger partial charge is 0.317 e. The van der Waals surface area contributed by atoms with Crippen molar-refractivity contribution in [1.29, 1.82) is 0 Å². The van der Waals surface area contributed by atoms with Gasteiger partial charge >= 0.3 is 0 Å². The fourth-order valence-electron chi connectivity index (χ4n) is 7.68. The Bertz CT molecular complexity index is 455. The van der Waals surface area contributed by atoms with Crippen molar-refractivity contribution in [3.63, 3.8) is 0 Å². The number of hydrogen-bond acceptors (Lipinski definition) is 1. The molecular weight excluding hydrogens is 506 g/mol. The Morgan fingerprint density at radius 2 is 0.524 bits per heavy atom. The van der Waals surface area contributed by atoms with E-state index >= 15 is 0 Å². The van der Waals surface area contributed by atoms with Crippen molar-refractivity contribution in [2.24, 2.45) is 5.41 Å². The third-order valence-corrected chi connectivity index (χ3v) is 10.8. The third-order valence-electron chi connectivity index (χ3n) is 10.8. The summed E-state index contributed by atoms with van der Waals surface area (Å²) in [6, 6.07) is 0. The zero-order chi connectivity index (χ0) is 30.1. The molecule has 0 aliphatic carbocycles. The zero-order valence-corrected chi connectivity index (χ0v) is 29.9. The molecule has 0 unspecified atom stereocenters. The summed E-state index contributed by atoms with van der Waals surface area (Å²) in [5.41, 5.74) is 0.692. The summed E-state index contributed by atoms with van der Waals surface area (Å²) in [5.74, 6) is 0. The molecule has 0 spiro atoms. The maximum Gasteiger partial charge on any atom is -0.00436 e. The van der Waals surface area contributed by atoms with Gasteiger partial charge in [-0.15, -0.1) is 0 Å². The fourth-order valence-corrected chi connectivity index (χ4v) is 7.68. The molecule has 0 atom stereocenters. The van der Waals surface area contributed by atoms with Crippen molar-refractivity contribution in [3.8, 4) is 0 Å². The van der Waals surface area contributed by atoms with Crippen LogP contribution in [-0.2, 0) is 0 Å². The van der Waals surface area contributed by atoms with Crippen LogP contribution in [0.25, 0.3) is 0 Å². The molecule has 0 saturated carbocycles. The maximum atomic E-state index is 3.65. The number of rotatable bonds is 34. The predicted molar refractivity (Wildman–Crippen MR) is 193 cm³/mol. The van der Waals surface area contributed by atoms with Gasteiger partial charge in [-0.2, -0.15) is 0 Å². The number of nitrogens with one attached hydrogen (secondary N) is 1. The van der Waals surface area contributed by atoms with E-state index in [1.165, 1.54) is 244 Å². The van der Waals surface area contributed by atoms with E-state index in [2.05, 4.69) is 19.2 Å². The van der Waals surface area contributed by atoms with Gasteiger partial charge in [0.2, 0.25) is 0 Å². The minimum absolute atomic E-state index is 0.692. The molecule has 1 aliphatic heterocycles. The first-order valence-electron chi connectivity index (χ1n) is 20.5. The Morgan fingerprint density at radius 3 is 0.762 bits per heavy atom. The standard InChI is InChI=1S/C41H83N/c1-3-5-7-9-11-13-15-17-19-21-23-25-27-29-31-33-35-41(37-39-42-40-38-41)36-34-32-30-28-26-24-22-20-18-16-14-12-10-8-6-4-2/h42H,3-40H2,1-2H3. The molecule has 42 heavy (non-hydrogen) atoms. The minimum atomic E-state index is 0.692. The summed E-state index contributed by atoms with van der Waals surface area (Å²) >= 11 is 0. The van der Waals surface area contributed by atoms with Crippen LogP contribution in [0.1, 0.15) is 245 Å². The van der Waals surface area contributed by atoms with Gasteiger partial charge in [0.15, 0.2) is 0 Å². The van der Waals surface area contributed by atoms with E-state index in [0.29, 0.717) is 5.41 Å². The average Bonchev–Trinajstić information content (AvgIpc) is 3.01. The van der Waals surface area contributed by atoms with Crippen molar-refractivity contribution >= 4 is 0 Å². The van der Waals surface area contributed by atoms with Crippen molar-refractivity contribution in [3.05, 3.63) is 0 Å². The highest BCUT2D eigenvalue weighted by Gasteiger charge is 2.30. The predicted octanol–water partition coefficient (Wildman–Crippen LogP) is 14.7. The fraction of sp³-hybridized carbons (Fsp3) is 1.00. The third kappa shape index (κ3) is 26.4. The molecule has 1 N–H and O–H groups in total.